The lowest BCUT2D eigenvalue weighted by molar-refractivity contribution is -0.498. The fourth-order valence-electron chi connectivity index (χ4n) is 4.82. The predicted octanol–water partition coefficient (Wildman–Crippen LogP) is 4.26. The molecule has 0 bridgehead atoms. The molecule has 162 valence electrons. The molecular weight excluding hydrogens is 408 g/mol. The number of benzene rings is 2. The van der Waals surface area contributed by atoms with Gasteiger partial charge >= 0.3 is 0 Å². The molecule has 31 heavy (non-hydrogen) atoms. The van der Waals surface area contributed by atoms with Crippen molar-refractivity contribution in [2.45, 2.75) is 44.7 Å². The summed E-state index contributed by atoms with van der Waals surface area (Å²) in [7, 11) is -0.781. The van der Waals surface area contributed by atoms with Gasteiger partial charge in [0.15, 0.2) is 28.3 Å². The zero-order chi connectivity index (χ0) is 21.6. The highest BCUT2D eigenvalue weighted by atomic mass is 32.2. The SMILES string of the molecule is CC1CCc2c(ccc(C3=C[N+](C4CCCS(=O)(=O)C4)=C3)c2Oc2ccccc2)N1C. The van der Waals surface area contributed by atoms with E-state index in [0.29, 0.717) is 11.8 Å². The normalized spacial score (nSPS) is 24.5. The second-order valence-electron chi connectivity index (χ2n) is 8.92. The second-order valence-corrected chi connectivity index (χ2v) is 11.2. The summed E-state index contributed by atoms with van der Waals surface area (Å²) >= 11 is 0. The van der Waals surface area contributed by atoms with E-state index in [1.165, 1.54) is 11.3 Å². The average molecular weight is 438 g/mol. The van der Waals surface area contributed by atoms with Gasteiger partial charge in [-0.05, 0) is 50.5 Å². The molecule has 2 atom stereocenters. The maximum Gasteiger partial charge on any atom is 0.183 e. The van der Waals surface area contributed by atoms with Crippen LogP contribution in [0, 0.1) is 0 Å². The van der Waals surface area contributed by atoms with Gasteiger partial charge in [-0.15, -0.1) is 0 Å². The van der Waals surface area contributed by atoms with Gasteiger partial charge in [0.05, 0.1) is 5.75 Å². The predicted molar refractivity (Wildman–Crippen MR) is 125 cm³/mol. The number of nitrogens with zero attached hydrogens (tertiary/aromatic N) is 2. The summed E-state index contributed by atoms with van der Waals surface area (Å²) < 4.78 is 32.6. The van der Waals surface area contributed by atoms with Crippen LogP contribution in [-0.2, 0) is 16.3 Å². The van der Waals surface area contributed by atoms with Crippen molar-refractivity contribution in [3.8, 4) is 11.5 Å². The molecular formula is C25H29N2O3S+. The average Bonchev–Trinajstić information content (AvgIpc) is 2.71. The fraction of sp³-hybridized carbons (Fsp3) is 0.400. The van der Waals surface area contributed by atoms with Crippen LogP contribution in [0.25, 0.3) is 5.57 Å². The van der Waals surface area contributed by atoms with E-state index in [9.17, 15) is 8.42 Å². The maximum atomic E-state index is 12.0. The Balaban J connectivity index is 1.49. The molecule has 2 aromatic carbocycles. The third kappa shape index (κ3) is 3.89. The Bertz CT molecular complexity index is 1170. The van der Waals surface area contributed by atoms with Crippen molar-refractivity contribution in [1.82, 2.24) is 0 Å². The summed E-state index contributed by atoms with van der Waals surface area (Å²) in [5.41, 5.74) is 4.64. The fourth-order valence-corrected chi connectivity index (χ4v) is 6.52. The maximum absolute atomic E-state index is 12.0. The third-order valence-corrected chi connectivity index (χ3v) is 8.60. The van der Waals surface area contributed by atoms with E-state index in [2.05, 4.69) is 48.0 Å². The van der Waals surface area contributed by atoms with Crippen LogP contribution in [0.2, 0.25) is 0 Å². The van der Waals surface area contributed by atoms with E-state index in [1.807, 2.05) is 30.3 Å². The van der Waals surface area contributed by atoms with Crippen LogP contribution >= 0.6 is 0 Å². The number of allylic oxidation sites excluding steroid dienone is 1. The van der Waals surface area contributed by atoms with E-state index < -0.39 is 9.84 Å². The summed E-state index contributed by atoms with van der Waals surface area (Å²) in [6.45, 7) is 2.26. The van der Waals surface area contributed by atoms with E-state index in [4.69, 9.17) is 4.74 Å². The highest BCUT2D eigenvalue weighted by Gasteiger charge is 2.36. The van der Waals surface area contributed by atoms with Crippen molar-refractivity contribution in [3.63, 3.8) is 0 Å². The largest absolute Gasteiger partial charge is 0.456 e. The molecule has 3 aliphatic heterocycles. The van der Waals surface area contributed by atoms with Gasteiger partial charge in [-0.3, -0.25) is 0 Å². The molecule has 1 saturated heterocycles. The summed E-state index contributed by atoms with van der Waals surface area (Å²) in [6, 6.07) is 14.8. The lowest BCUT2D eigenvalue weighted by Gasteiger charge is -2.35. The number of anilines is 1. The van der Waals surface area contributed by atoms with Gasteiger partial charge in [0, 0.05) is 36.3 Å². The van der Waals surface area contributed by atoms with Gasteiger partial charge in [-0.1, -0.05) is 18.2 Å². The van der Waals surface area contributed by atoms with Crippen LogP contribution < -0.4 is 9.64 Å². The topological polar surface area (TPSA) is 49.6 Å². The molecule has 0 N–H and O–H groups in total. The number of ether oxygens (including phenoxy) is 1. The van der Waals surface area contributed by atoms with Gasteiger partial charge in [0.1, 0.15) is 22.8 Å². The van der Waals surface area contributed by atoms with Crippen LogP contribution in [0.15, 0.2) is 48.7 Å². The van der Waals surface area contributed by atoms with Crippen molar-refractivity contribution < 1.29 is 17.7 Å². The minimum absolute atomic E-state index is 0.0469. The standard InChI is InChI=1S/C25H29N2O3S/c1-18-10-11-23-24(26(18)2)13-12-22(25(23)30-21-8-4-3-5-9-21)19-15-27(16-19)20-7-6-14-31(28,29)17-20/h3-5,8-9,12-13,15-16,18,20H,6-7,10-11,14,17H2,1-2H3/q+1. The molecule has 3 aliphatic rings. The Kier molecular flexibility index (Phi) is 5.13. The summed E-state index contributed by atoms with van der Waals surface area (Å²) in [5, 5.41) is 0. The Morgan fingerprint density at radius 2 is 1.87 bits per heavy atom. The summed E-state index contributed by atoms with van der Waals surface area (Å²) in [6.07, 6.45) is 7.90. The molecule has 5 nitrogen and oxygen atoms in total. The molecule has 0 amide bonds. The van der Waals surface area contributed by atoms with Gasteiger partial charge in [-0.2, -0.15) is 4.58 Å². The molecule has 5 rings (SSSR count). The first kappa shape index (κ1) is 20.3. The van der Waals surface area contributed by atoms with E-state index >= 15 is 0 Å². The van der Waals surface area contributed by atoms with Crippen LogP contribution in [0.4, 0.5) is 5.69 Å². The number of fused-ring (bicyclic) bond motifs is 1. The highest BCUT2D eigenvalue weighted by molar-refractivity contribution is 7.91. The van der Waals surface area contributed by atoms with Gasteiger partial charge in [-0.25, -0.2) is 8.42 Å². The van der Waals surface area contributed by atoms with Crippen molar-refractivity contribution in [2.75, 3.05) is 23.5 Å². The zero-order valence-electron chi connectivity index (χ0n) is 18.1. The molecule has 2 aromatic rings. The molecule has 0 radical (unpaired) electrons. The Labute approximate surface area is 184 Å². The monoisotopic (exact) mass is 437 g/mol. The summed E-state index contributed by atoms with van der Waals surface area (Å²) in [4.78, 5) is 2.33. The zero-order valence-corrected chi connectivity index (χ0v) is 18.9. The van der Waals surface area contributed by atoms with Gasteiger partial charge < -0.3 is 9.64 Å². The van der Waals surface area contributed by atoms with Gasteiger partial charge in [0.2, 0.25) is 0 Å². The molecule has 1 fully saturated rings. The first-order valence-corrected chi connectivity index (χ1v) is 12.9. The van der Waals surface area contributed by atoms with E-state index in [0.717, 1.165) is 48.3 Å². The van der Waals surface area contributed by atoms with Crippen molar-refractivity contribution >= 4 is 27.3 Å². The molecule has 3 heterocycles. The number of hydrogen-bond acceptors (Lipinski definition) is 4. The van der Waals surface area contributed by atoms with Crippen molar-refractivity contribution in [1.29, 1.82) is 0 Å². The van der Waals surface area contributed by atoms with Crippen LogP contribution in [-0.4, -0.2) is 49.8 Å². The molecule has 0 spiro atoms. The number of rotatable bonds is 4. The molecule has 2 unspecified atom stereocenters. The quantitative estimate of drug-likeness (QED) is 0.671. The Morgan fingerprint density at radius 3 is 2.61 bits per heavy atom. The molecule has 0 saturated carbocycles. The summed E-state index contributed by atoms with van der Waals surface area (Å²) in [5.74, 6) is 2.31. The third-order valence-electron chi connectivity index (χ3n) is 6.80. The second kappa shape index (κ2) is 7.83. The van der Waals surface area contributed by atoms with Crippen LogP contribution in [0.5, 0.6) is 11.5 Å². The minimum atomic E-state index is -2.93. The van der Waals surface area contributed by atoms with Crippen LogP contribution in [0.1, 0.15) is 37.3 Å². The Hall–Kier alpha value is -2.60. The molecule has 0 aliphatic carbocycles. The van der Waals surface area contributed by atoms with E-state index in [1.54, 1.807) is 0 Å². The smallest absolute Gasteiger partial charge is 0.183 e. The number of sulfone groups is 1. The molecule has 6 heteroatoms. The van der Waals surface area contributed by atoms with Crippen LogP contribution in [0.3, 0.4) is 0 Å². The van der Waals surface area contributed by atoms with Crippen molar-refractivity contribution in [2.24, 2.45) is 0 Å². The highest BCUT2D eigenvalue weighted by Crippen LogP contribution is 2.43. The lowest BCUT2D eigenvalue weighted by atomic mass is 9.91. The Morgan fingerprint density at radius 1 is 1.10 bits per heavy atom. The number of para-hydroxylation sites is 1. The lowest BCUT2D eigenvalue weighted by Crippen LogP contribution is -2.39. The van der Waals surface area contributed by atoms with Gasteiger partial charge in [0.25, 0.3) is 0 Å². The first-order chi connectivity index (χ1) is 14.9. The van der Waals surface area contributed by atoms with E-state index in [-0.39, 0.29) is 11.8 Å². The van der Waals surface area contributed by atoms with Crippen molar-refractivity contribution in [3.05, 3.63) is 59.8 Å². The minimum Gasteiger partial charge on any atom is -0.456 e. The number of hydrogen-bond donors (Lipinski definition) is 0. The molecule has 0 aromatic heterocycles. The first-order valence-electron chi connectivity index (χ1n) is 11.1.